The summed E-state index contributed by atoms with van der Waals surface area (Å²) in [5, 5.41) is 10.1. The predicted molar refractivity (Wildman–Crippen MR) is 97.6 cm³/mol. The molecule has 5 N–H and O–H groups in total. The standard InChI is InChI=1S/C19H21F2N3O3/c1-9-3-4-13(25)10(2)15(9)24-16(22)11(17(23)26)7-12(18(24)27)19(5-6-19)8-14(20)21/h3-4,7,14,25H,5-6,8,22H2,1-2H3,(H2,23,26). The minimum Gasteiger partial charge on any atom is -0.508 e. The van der Waals surface area contributed by atoms with Gasteiger partial charge < -0.3 is 16.6 Å². The molecule has 0 saturated heterocycles. The van der Waals surface area contributed by atoms with Gasteiger partial charge in [0.05, 0.1) is 11.3 Å². The first kappa shape index (κ1) is 18.9. The number of aromatic hydroxyl groups is 1. The minimum absolute atomic E-state index is 0.0540. The van der Waals surface area contributed by atoms with E-state index < -0.39 is 29.7 Å². The van der Waals surface area contributed by atoms with E-state index in [0.29, 0.717) is 29.7 Å². The number of anilines is 1. The van der Waals surface area contributed by atoms with Crippen molar-refractivity contribution in [2.24, 2.45) is 5.73 Å². The molecular formula is C19H21F2N3O3. The molecule has 0 spiro atoms. The maximum Gasteiger partial charge on any atom is 0.260 e. The Morgan fingerprint density at radius 2 is 1.96 bits per heavy atom. The summed E-state index contributed by atoms with van der Waals surface area (Å²) in [6.45, 7) is 3.32. The normalized spacial score (nSPS) is 15.1. The largest absolute Gasteiger partial charge is 0.508 e. The van der Waals surface area contributed by atoms with Crippen molar-refractivity contribution in [2.45, 2.75) is 45.0 Å². The molecule has 2 aromatic rings. The van der Waals surface area contributed by atoms with Crippen molar-refractivity contribution in [2.75, 3.05) is 5.73 Å². The van der Waals surface area contributed by atoms with Gasteiger partial charge >= 0.3 is 0 Å². The quantitative estimate of drug-likeness (QED) is 0.743. The number of phenols is 1. The maximum absolute atomic E-state index is 13.3. The van der Waals surface area contributed by atoms with Crippen molar-refractivity contribution in [1.29, 1.82) is 0 Å². The van der Waals surface area contributed by atoms with Crippen LogP contribution < -0.4 is 17.0 Å². The zero-order chi connectivity index (χ0) is 20.1. The number of aryl methyl sites for hydroxylation is 1. The zero-order valence-electron chi connectivity index (χ0n) is 15.1. The van der Waals surface area contributed by atoms with Crippen LogP contribution in [0.15, 0.2) is 23.0 Å². The zero-order valence-corrected chi connectivity index (χ0v) is 15.1. The SMILES string of the molecule is Cc1ccc(O)c(C)c1-n1c(N)c(C(N)=O)cc(C2(CC(F)F)CC2)c1=O. The summed E-state index contributed by atoms with van der Waals surface area (Å²) < 4.78 is 27.2. The van der Waals surface area contributed by atoms with Crippen LogP contribution in [0.4, 0.5) is 14.6 Å². The number of hydrogen-bond donors (Lipinski definition) is 3. The number of nitrogen functional groups attached to an aromatic ring is 1. The van der Waals surface area contributed by atoms with Crippen molar-refractivity contribution in [3.63, 3.8) is 0 Å². The minimum atomic E-state index is -2.58. The number of nitrogens with zero attached hydrogens (tertiary/aromatic N) is 1. The molecule has 0 bridgehead atoms. The van der Waals surface area contributed by atoms with Crippen molar-refractivity contribution in [1.82, 2.24) is 4.57 Å². The number of hydrogen-bond acceptors (Lipinski definition) is 4. The Bertz CT molecular complexity index is 995. The highest BCUT2D eigenvalue weighted by Gasteiger charge is 2.48. The molecule has 0 radical (unpaired) electrons. The van der Waals surface area contributed by atoms with Crippen LogP contribution in [-0.4, -0.2) is 22.0 Å². The molecule has 1 amide bonds. The summed E-state index contributed by atoms with van der Waals surface area (Å²) in [5.41, 5.74) is 11.3. The van der Waals surface area contributed by atoms with Crippen LogP contribution in [0.2, 0.25) is 0 Å². The molecular weight excluding hydrogens is 356 g/mol. The number of rotatable bonds is 5. The van der Waals surface area contributed by atoms with Gasteiger partial charge in [0.15, 0.2) is 0 Å². The molecule has 144 valence electrons. The van der Waals surface area contributed by atoms with E-state index in [-0.39, 0.29) is 22.7 Å². The molecule has 0 aliphatic heterocycles. The third-order valence-electron chi connectivity index (χ3n) is 5.30. The summed E-state index contributed by atoms with van der Waals surface area (Å²) in [6.07, 6.45) is -2.21. The molecule has 1 aromatic carbocycles. The fourth-order valence-corrected chi connectivity index (χ4v) is 3.63. The average Bonchev–Trinajstić information content (AvgIpc) is 3.33. The highest BCUT2D eigenvalue weighted by Crippen LogP contribution is 2.51. The Hall–Kier alpha value is -2.90. The van der Waals surface area contributed by atoms with Gasteiger partial charge in [-0.25, -0.2) is 8.78 Å². The number of carbonyl (C=O) groups is 1. The third kappa shape index (κ3) is 3.05. The Kier molecular flexibility index (Phi) is 4.45. The molecule has 1 fully saturated rings. The fourth-order valence-electron chi connectivity index (χ4n) is 3.63. The van der Waals surface area contributed by atoms with E-state index in [2.05, 4.69) is 0 Å². The van der Waals surface area contributed by atoms with E-state index in [0.717, 1.165) is 4.57 Å². The number of amides is 1. The number of alkyl halides is 2. The topological polar surface area (TPSA) is 111 Å². The number of primary amides is 1. The lowest BCUT2D eigenvalue weighted by molar-refractivity contribution is 0.100. The van der Waals surface area contributed by atoms with Gasteiger partial charge in [0, 0.05) is 23.0 Å². The van der Waals surface area contributed by atoms with Gasteiger partial charge in [-0.2, -0.15) is 0 Å². The second-order valence-electron chi connectivity index (χ2n) is 7.11. The number of phenolic OH excluding ortho intramolecular Hbond substituents is 1. The van der Waals surface area contributed by atoms with E-state index >= 15 is 0 Å². The van der Waals surface area contributed by atoms with Crippen LogP contribution in [0.1, 0.15) is 46.3 Å². The number of aromatic nitrogens is 1. The molecule has 1 aliphatic carbocycles. The second kappa shape index (κ2) is 6.37. The average molecular weight is 377 g/mol. The molecule has 6 nitrogen and oxygen atoms in total. The number of nitrogens with two attached hydrogens (primary N) is 2. The van der Waals surface area contributed by atoms with Crippen molar-refractivity contribution in [3.05, 3.63) is 50.8 Å². The van der Waals surface area contributed by atoms with Crippen LogP contribution in [0.3, 0.4) is 0 Å². The molecule has 1 heterocycles. The number of halogens is 2. The first-order valence-electron chi connectivity index (χ1n) is 8.52. The monoisotopic (exact) mass is 377 g/mol. The van der Waals surface area contributed by atoms with Crippen molar-refractivity contribution >= 4 is 11.7 Å². The Morgan fingerprint density at radius 1 is 1.33 bits per heavy atom. The molecule has 0 atom stereocenters. The van der Waals surface area contributed by atoms with Gasteiger partial charge in [0.2, 0.25) is 6.43 Å². The van der Waals surface area contributed by atoms with Gasteiger partial charge in [-0.1, -0.05) is 6.07 Å². The smallest absolute Gasteiger partial charge is 0.260 e. The summed E-state index contributed by atoms with van der Waals surface area (Å²) in [4.78, 5) is 25.2. The molecule has 1 aliphatic rings. The molecule has 1 saturated carbocycles. The number of benzene rings is 1. The number of carbonyl (C=O) groups excluding carboxylic acids is 1. The van der Waals surface area contributed by atoms with Crippen LogP contribution in [0.25, 0.3) is 5.69 Å². The Balaban J connectivity index is 2.38. The maximum atomic E-state index is 13.3. The van der Waals surface area contributed by atoms with Gasteiger partial charge in [-0.15, -0.1) is 0 Å². The lowest BCUT2D eigenvalue weighted by Gasteiger charge is -2.22. The first-order chi connectivity index (χ1) is 12.6. The van der Waals surface area contributed by atoms with Crippen molar-refractivity contribution < 1.29 is 18.7 Å². The summed E-state index contributed by atoms with van der Waals surface area (Å²) in [7, 11) is 0. The molecule has 1 aromatic heterocycles. The summed E-state index contributed by atoms with van der Waals surface area (Å²) in [5.74, 6) is -1.09. The first-order valence-corrected chi connectivity index (χ1v) is 8.52. The van der Waals surface area contributed by atoms with Gasteiger partial charge in [0.1, 0.15) is 11.6 Å². The predicted octanol–water partition coefficient (Wildman–Crippen LogP) is 2.53. The lowest BCUT2D eigenvalue weighted by atomic mass is 9.91. The van der Waals surface area contributed by atoms with Crippen LogP contribution in [-0.2, 0) is 5.41 Å². The van der Waals surface area contributed by atoms with Gasteiger partial charge in [0.25, 0.3) is 11.5 Å². The second-order valence-corrected chi connectivity index (χ2v) is 7.11. The lowest BCUT2D eigenvalue weighted by Crippen LogP contribution is -2.33. The fraction of sp³-hybridized carbons (Fsp3) is 0.368. The molecule has 3 rings (SSSR count). The molecule has 27 heavy (non-hydrogen) atoms. The summed E-state index contributed by atoms with van der Waals surface area (Å²) in [6, 6.07) is 4.33. The van der Waals surface area contributed by atoms with Gasteiger partial charge in [-0.3, -0.25) is 14.2 Å². The van der Waals surface area contributed by atoms with Crippen molar-refractivity contribution in [3.8, 4) is 11.4 Å². The van der Waals surface area contributed by atoms with Crippen LogP contribution in [0.5, 0.6) is 5.75 Å². The van der Waals surface area contributed by atoms with Gasteiger partial charge in [-0.05, 0) is 44.4 Å². The molecule has 8 heteroatoms. The Labute approximate surface area is 154 Å². The van der Waals surface area contributed by atoms with E-state index in [9.17, 15) is 23.5 Å². The van der Waals surface area contributed by atoms with E-state index in [1.165, 1.54) is 12.1 Å². The third-order valence-corrected chi connectivity index (χ3v) is 5.30. The van der Waals surface area contributed by atoms with E-state index in [1.54, 1.807) is 19.9 Å². The highest BCUT2D eigenvalue weighted by molar-refractivity contribution is 5.97. The Morgan fingerprint density at radius 3 is 2.48 bits per heavy atom. The van der Waals surface area contributed by atoms with E-state index in [4.69, 9.17) is 11.5 Å². The van der Waals surface area contributed by atoms with Crippen LogP contribution in [0, 0.1) is 13.8 Å². The van der Waals surface area contributed by atoms with Crippen LogP contribution >= 0.6 is 0 Å². The number of pyridine rings is 1. The molecule has 0 unspecified atom stereocenters. The summed E-state index contributed by atoms with van der Waals surface area (Å²) >= 11 is 0. The highest BCUT2D eigenvalue weighted by atomic mass is 19.3. The van der Waals surface area contributed by atoms with E-state index in [1.807, 2.05) is 0 Å².